The number of nitrogens with zero attached hydrogens (tertiary/aromatic N) is 2. The van der Waals surface area contributed by atoms with Gasteiger partial charge in [-0.05, 0) is 79.8 Å². The third kappa shape index (κ3) is 7.34. The molecule has 4 aliphatic rings. The van der Waals surface area contributed by atoms with Crippen LogP contribution in [0.3, 0.4) is 0 Å². The van der Waals surface area contributed by atoms with Crippen LogP contribution >= 0.6 is 11.3 Å². The molecule has 2 saturated heterocycles. The Labute approximate surface area is 284 Å². The number of ether oxygens (including phenoxy) is 3. The summed E-state index contributed by atoms with van der Waals surface area (Å²) in [6.07, 6.45) is 1.08. The molecule has 4 fully saturated rings. The molecule has 0 radical (unpaired) electrons. The minimum atomic E-state index is -4.06. The molecule has 2 aromatic carbocycles. The second-order valence-electron chi connectivity index (χ2n) is 14.0. The van der Waals surface area contributed by atoms with E-state index in [0.29, 0.717) is 36.8 Å². The van der Waals surface area contributed by atoms with Crippen molar-refractivity contribution in [1.82, 2.24) is 14.6 Å². The third-order valence-corrected chi connectivity index (χ3v) is 12.6. The number of rotatable bonds is 13. The summed E-state index contributed by atoms with van der Waals surface area (Å²) in [6, 6.07) is 10.3. The summed E-state index contributed by atoms with van der Waals surface area (Å²) < 4.78 is 61.9. The SMILES string of the molecule is CC(C)CN(C[C@@H](O)[C@H](Cc1cccc(F)c1)NC(=O)O[C@@H]1CC2CO[C@@H]3OCCC1[C@H]23)S(=O)(=O)c1ccc2nc(NC3CC3)sc2c1. The van der Waals surface area contributed by atoms with Gasteiger partial charge in [0, 0.05) is 31.0 Å². The third-order valence-electron chi connectivity index (χ3n) is 9.81. The van der Waals surface area contributed by atoms with Crippen LogP contribution in [0.25, 0.3) is 10.2 Å². The predicted molar refractivity (Wildman–Crippen MR) is 179 cm³/mol. The second kappa shape index (κ2) is 13.8. The number of nitrogens with one attached hydrogen (secondary N) is 2. The van der Waals surface area contributed by atoms with Crippen molar-refractivity contribution < 1.29 is 36.9 Å². The number of amides is 1. The molecule has 2 unspecified atom stereocenters. The summed E-state index contributed by atoms with van der Waals surface area (Å²) in [7, 11) is -4.06. The molecule has 3 N–H and O–H groups in total. The first-order valence-corrected chi connectivity index (χ1v) is 19.1. The highest BCUT2D eigenvalue weighted by Crippen LogP contribution is 2.50. The van der Waals surface area contributed by atoms with E-state index in [1.54, 1.807) is 30.3 Å². The van der Waals surface area contributed by atoms with Crippen LogP contribution in [0, 0.1) is 29.5 Å². The highest BCUT2D eigenvalue weighted by molar-refractivity contribution is 7.89. The predicted octanol–water partition coefficient (Wildman–Crippen LogP) is 4.75. The first-order valence-electron chi connectivity index (χ1n) is 16.8. The Balaban J connectivity index is 1.09. The van der Waals surface area contributed by atoms with Gasteiger partial charge in [-0.3, -0.25) is 0 Å². The van der Waals surface area contributed by atoms with E-state index in [2.05, 4.69) is 15.6 Å². The van der Waals surface area contributed by atoms with Gasteiger partial charge in [-0.25, -0.2) is 22.6 Å². The van der Waals surface area contributed by atoms with Crippen LogP contribution in [-0.4, -0.2) is 85.8 Å². The summed E-state index contributed by atoms with van der Waals surface area (Å²) >= 11 is 1.41. The van der Waals surface area contributed by atoms with Gasteiger partial charge < -0.3 is 30.0 Å². The summed E-state index contributed by atoms with van der Waals surface area (Å²) in [5, 5.41) is 18.6. The van der Waals surface area contributed by atoms with Crippen molar-refractivity contribution >= 4 is 42.8 Å². The number of carbonyl (C=O) groups excluding carboxylic acids is 1. The molecular formula is C34H43FN4O7S2. The molecule has 11 nitrogen and oxygen atoms in total. The van der Waals surface area contributed by atoms with E-state index in [1.165, 1.54) is 27.8 Å². The molecule has 48 heavy (non-hydrogen) atoms. The average molecular weight is 703 g/mol. The molecule has 7 rings (SSSR count). The van der Waals surface area contributed by atoms with Gasteiger partial charge in [-0.15, -0.1) is 0 Å². The number of hydrogen-bond donors (Lipinski definition) is 3. The zero-order valence-electron chi connectivity index (χ0n) is 27.1. The molecule has 0 spiro atoms. The Kier molecular flexibility index (Phi) is 9.66. The summed E-state index contributed by atoms with van der Waals surface area (Å²) in [5.41, 5.74) is 1.26. The minimum absolute atomic E-state index is 0.0536. The number of aliphatic hydroxyl groups excluding tert-OH is 1. The Morgan fingerprint density at radius 1 is 1.17 bits per heavy atom. The van der Waals surface area contributed by atoms with Crippen molar-refractivity contribution in [2.24, 2.45) is 23.7 Å². The maximum atomic E-state index is 14.2. The summed E-state index contributed by atoms with van der Waals surface area (Å²) in [5.74, 6) is 0.0611. The lowest BCUT2D eigenvalue weighted by Crippen LogP contribution is -2.51. The highest BCUT2D eigenvalue weighted by Gasteiger charge is 2.55. The smallest absolute Gasteiger partial charge is 0.407 e. The number of carbonyl (C=O) groups is 1. The number of anilines is 1. The van der Waals surface area contributed by atoms with E-state index < -0.39 is 34.1 Å². The van der Waals surface area contributed by atoms with E-state index in [1.807, 2.05) is 13.8 Å². The van der Waals surface area contributed by atoms with E-state index in [4.69, 9.17) is 14.2 Å². The highest BCUT2D eigenvalue weighted by atomic mass is 32.2. The fourth-order valence-corrected chi connectivity index (χ4v) is 10.1. The second-order valence-corrected chi connectivity index (χ2v) is 16.9. The number of hydrogen-bond acceptors (Lipinski definition) is 10. The van der Waals surface area contributed by atoms with Crippen LogP contribution in [0.15, 0.2) is 47.4 Å². The summed E-state index contributed by atoms with van der Waals surface area (Å²) in [6.45, 7) is 4.77. The maximum absolute atomic E-state index is 14.2. The molecule has 3 aromatic rings. The Morgan fingerprint density at radius 3 is 2.77 bits per heavy atom. The van der Waals surface area contributed by atoms with Gasteiger partial charge in [0.2, 0.25) is 10.0 Å². The number of aromatic nitrogens is 1. The number of thiazole rings is 1. The van der Waals surface area contributed by atoms with Gasteiger partial charge in [-0.2, -0.15) is 4.31 Å². The van der Waals surface area contributed by atoms with E-state index in [9.17, 15) is 22.7 Å². The van der Waals surface area contributed by atoms with Crippen molar-refractivity contribution in [1.29, 1.82) is 0 Å². The molecule has 2 saturated carbocycles. The quantitative estimate of drug-likeness (QED) is 0.230. The normalized spacial score (nSPS) is 26.5. The van der Waals surface area contributed by atoms with E-state index >= 15 is 0 Å². The van der Waals surface area contributed by atoms with E-state index in [0.717, 1.165) is 29.1 Å². The first kappa shape index (κ1) is 33.6. The molecular weight excluding hydrogens is 660 g/mol. The van der Waals surface area contributed by atoms with E-state index in [-0.39, 0.29) is 60.5 Å². The number of aliphatic hydroxyl groups is 1. The molecule has 7 atom stereocenters. The van der Waals surface area contributed by atoms with Crippen LogP contribution in [0.5, 0.6) is 0 Å². The molecule has 0 bridgehead atoms. The van der Waals surface area contributed by atoms with Crippen LogP contribution in [0.4, 0.5) is 14.3 Å². The molecule has 2 aliphatic carbocycles. The fraction of sp³-hybridized carbons (Fsp3) is 0.588. The Hall–Kier alpha value is -2.88. The Bertz CT molecular complexity index is 1730. The number of fused-ring (bicyclic) bond motifs is 1. The van der Waals surface area contributed by atoms with Gasteiger partial charge in [0.05, 0.1) is 40.5 Å². The topological polar surface area (TPSA) is 139 Å². The first-order chi connectivity index (χ1) is 23.0. The summed E-state index contributed by atoms with van der Waals surface area (Å²) in [4.78, 5) is 18.1. The number of alkyl carbamates (subject to hydrolysis) is 1. The van der Waals surface area contributed by atoms with Gasteiger partial charge >= 0.3 is 6.09 Å². The number of halogens is 1. The minimum Gasteiger partial charge on any atom is -0.446 e. The van der Waals surface area contributed by atoms with Gasteiger partial charge in [-0.1, -0.05) is 37.3 Å². The standard InChI is InChI=1S/C34H43FN4O7S2/c1-19(2)16-39(48(42,43)24-8-9-26-30(15-24)47-33(37-26)36-23-6-7-23)17-28(40)27(13-20-4-3-5-22(35)12-20)38-34(41)46-29-14-21-18-45-32-31(21)25(29)10-11-44-32/h3-5,8-9,12,15,19,21,23,25,27-29,31-32,40H,6-7,10-11,13-14,16-18H2,1-2H3,(H,36,37)(H,38,41)/t21?,25?,27-,28+,29+,31-,32-/m0/s1. The lowest BCUT2D eigenvalue weighted by molar-refractivity contribution is -0.173. The van der Waals surface area contributed by atoms with Crippen molar-refractivity contribution in [3.63, 3.8) is 0 Å². The average Bonchev–Trinajstić information content (AvgIpc) is 3.45. The van der Waals surface area contributed by atoms with Gasteiger partial charge in [0.1, 0.15) is 11.9 Å². The molecule has 3 heterocycles. The van der Waals surface area contributed by atoms with Crippen molar-refractivity contribution in [2.75, 3.05) is 31.6 Å². The molecule has 1 aromatic heterocycles. The zero-order chi connectivity index (χ0) is 33.6. The van der Waals surface area contributed by atoms with Crippen LogP contribution in [-0.2, 0) is 30.7 Å². The van der Waals surface area contributed by atoms with Crippen molar-refractivity contribution in [3.8, 4) is 0 Å². The molecule has 1 amide bonds. The maximum Gasteiger partial charge on any atom is 0.407 e. The number of sulfonamides is 1. The Morgan fingerprint density at radius 2 is 2.00 bits per heavy atom. The largest absolute Gasteiger partial charge is 0.446 e. The van der Waals surface area contributed by atoms with Crippen molar-refractivity contribution in [2.45, 2.75) is 81.4 Å². The van der Waals surface area contributed by atoms with Crippen molar-refractivity contribution in [3.05, 3.63) is 53.8 Å². The lowest BCUT2D eigenvalue weighted by atomic mass is 9.87. The zero-order valence-corrected chi connectivity index (χ0v) is 28.7. The molecule has 260 valence electrons. The van der Waals surface area contributed by atoms with Crippen LogP contribution in [0.1, 0.15) is 45.1 Å². The molecule has 2 aliphatic heterocycles. The molecule has 14 heteroatoms. The fourth-order valence-electron chi connectivity index (χ4n) is 7.37. The number of benzene rings is 2. The lowest BCUT2D eigenvalue weighted by Gasteiger charge is -2.33. The monoisotopic (exact) mass is 702 g/mol. The van der Waals surface area contributed by atoms with Crippen LogP contribution < -0.4 is 10.6 Å². The van der Waals surface area contributed by atoms with Crippen LogP contribution in [0.2, 0.25) is 0 Å². The van der Waals surface area contributed by atoms with Gasteiger partial charge in [0.25, 0.3) is 0 Å². The van der Waals surface area contributed by atoms with Gasteiger partial charge in [0.15, 0.2) is 11.4 Å².